The lowest BCUT2D eigenvalue weighted by atomic mass is 10.0. The molecule has 3 nitrogen and oxygen atoms in total. The number of ether oxygens (including phenoxy) is 1. The zero-order valence-electron chi connectivity index (χ0n) is 13.1. The lowest BCUT2D eigenvalue weighted by molar-refractivity contribution is 0.101. The lowest BCUT2D eigenvalue weighted by Crippen LogP contribution is -2.43. The van der Waals surface area contributed by atoms with Crippen molar-refractivity contribution in [1.82, 2.24) is 5.32 Å². The first-order valence-corrected chi connectivity index (χ1v) is 8.84. The molecule has 1 saturated heterocycles. The number of para-hydroxylation sites is 1. The van der Waals surface area contributed by atoms with E-state index in [1.54, 1.807) is 18.4 Å². The molecule has 1 aromatic carbocycles. The van der Waals surface area contributed by atoms with Crippen LogP contribution in [0.3, 0.4) is 0 Å². The second kappa shape index (κ2) is 7.77. The van der Waals surface area contributed by atoms with Crippen LogP contribution < -0.4 is 10.2 Å². The van der Waals surface area contributed by atoms with Gasteiger partial charge in [-0.15, -0.1) is 11.3 Å². The second-order valence-corrected chi connectivity index (χ2v) is 6.72. The highest BCUT2D eigenvalue weighted by molar-refractivity contribution is 7.10. The van der Waals surface area contributed by atoms with Crippen LogP contribution in [0.4, 0.5) is 5.69 Å². The monoisotopic (exact) mass is 316 g/mol. The van der Waals surface area contributed by atoms with Crippen LogP contribution in [0.25, 0.3) is 0 Å². The average molecular weight is 316 g/mol. The number of hydrogen-bond acceptors (Lipinski definition) is 4. The second-order valence-electron chi connectivity index (χ2n) is 5.74. The summed E-state index contributed by atoms with van der Waals surface area (Å²) in [5.41, 5.74) is 1.34. The zero-order valence-corrected chi connectivity index (χ0v) is 13.9. The number of anilines is 1. The van der Waals surface area contributed by atoms with Gasteiger partial charge in [-0.05, 0) is 36.4 Å². The molecule has 2 heterocycles. The summed E-state index contributed by atoms with van der Waals surface area (Å²) in [5.74, 6) is 0. The molecule has 0 saturated carbocycles. The van der Waals surface area contributed by atoms with Gasteiger partial charge in [0.2, 0.25) is 0 Å². The maximum absolute atomic E-state index is 5.61. The minimum absolute atomic E-state index is 0.173. The summed E-state index contributed by atoms with van der Waals surface area (Å²) in [6.07, 6.45) is 2.55. The summed E-state index contributed by atoms with van der Waals surface area (Å²) >= 11 is 1.77. The zero-order chi connectivity index (χ0) is 15.2. The molecule has 4 heteroatoms. The van der Waals surface area contributed by atoms with Crippen molar-refractivity contribution in [2.75, 3.05) is 31.6 Å². The molecule has 0 spiro atoms. The van der Waals surface area contributed by atoms with Crippen LogP contribution in [0.15, 0.2) is 47.8 Å². The molecule has 118 valence electrons. The number of thiophene rings is 1. The number of methoxy groups -OCH3 is 1. The smallest absolute Gasteiger partial charge is 0.104 e. The van der Waals surface area contributed by atoms with Gasteiger partial charge in [0.25, 0.3) is 0 Å². The SMILES string of the molecule is COC(CNC1CCN(c2ccccc2)CC1)c1cccs1. The Hall–Kier alpha value is -1.36. The van der Waals surface area contributed by atoms with Gasteiger partial charge in [0.1, 0.15) is 6.10 Å². The molecule has 1 atom stereocenters. The summed E-state index contributed by atoms with van der Waals surface area (Å²) in [4.78, 5) is 3.78. The number of piperidine rings is 1. The van der Waals surface area contributed by atoms with Crippen LogP contribution >= 0.6 is 11.3 Å². The number of nitrogens with zero attached hydrogens (tertiary/aromatic N) is 1. The van der Waals surface area contributed by atoms with E-state index in [1.165, 1.54) is 23.4 Å². The Bertz CT molecular complexity index is 535. The molecule has 1 N–H and O–H groups in total. The molecule has 1 aromatic heterocycles. The first-order chi connectivity index (χ1) is 10.9. The standard InChI is InChI=1S/C18H24N2OS/c1-21-17(18-8-5-13-22-18)14-19-15-9-11-20(12-10-15)16-6-3-2-4-7-16/h2-8,13,15,17,19H,9-12,14H2,1H3. The van der Waals surface area contributed by atoms with Gasteiger partial charge < -0.3 is 15.0 Å². The van der Waals surface area contributed by atoms with Crippen LogP contribution in [0, 0.1) is 0 Å². The van der Waals surface area contributed by atoms with E-state index < -0.39 is 0 Å². The molecule has 0 bridgehead atoms. The van der Waals surface area contributed by atoms with Crippen LogP contribution in [0.2, 0.25) is 0 Å². The Morgan fingerprint density at radius 3 is 2.59 bits per heavy atom. The first-order valence-electron chi connectivity index (χ1n) is 7.96. The van der Waals surface area contributed by atoms with Crippen molar-refractivity contribution in [3.05, 3.63) is 52.7 Å². The molecule has 0 amide bonds. The predicted molar refractivity (Wildman–Crippen MR) is 93.7 cm³/mol. The lowest BCUT2D eigenvalue weighted by Gasteiger charge is -2.34. The van der Waals surface area contributed by atoms with Crippen LogP contribution in [0.5, 0.6) is 0 Å². The molecule has 22 heavy (non-hydrogen) atoms. The highest BCUT2D eigenvalue weighted by Gasteiger charge is 2.20. The fourth-order valence-electron chi connectivity index (χ4n) is 3.03. The predicted octanol–water partition coefficient (Wildman–Crippen LogP) is 3.69. The summed E-state index contributed by atoms with van der Waals surface area (Å²) in [6, 6.07) is 15.5. The van der Waals surface area contributed by atoms with Crippen molar-refractivity contribution in [3.63, 3.8) is 0 Å². The molecular weight excluding hydrogens is 292 g/mol. The molecule has 1 fully saturated rings. The van der Waals surface area contributed by atoms with Crippen molar-refractivity contribution >= 4 is 17.0 Å². The molecule has 3 rings (SSSR count). The topological polar surface area (TPSA) is 24.5 Å². The van der Waals surface area contributed by atoms with Gasteiger partial charge in [-0.2, -0.15) is 0 Å². The van der Waals surface area contributed by atoms with Gasteiger partial charge in [0.05, 0.1) is 0 Å². The van der Waals surface area contributed by atoms with Crippen molar-refractivity contribution in [2.45, 2.75) is 25.0 Å². The summed E-state index contributed by atoms with van der Waals surface area (Å²) in [7, 11) is 1.80. The molecule has 0 radical (unpaired) electrons. The van der Waals surface area contributed by atoms with E-state index in [9.17, 15) is 0 Å². The van der Waals surface area contributed by atoms with Gasteiger partial charge in [-0.25, -0.2) is 0 Å². The molecular formula is C18H24N2OS. The van der Waals surface area contributed by atoms with Gasteiger partial charge in [0.15, 0.2) is 0 Å². The largest absolute Gasteiger partial charge is 0.375 e. The van der Waals surface area contributed by atoms with Crippen molar-refractivity contribution in [2.24, 2.45) is 0 Å². The third-order valence-electron chi connectivity index (χ3n) is 4.35. The van der Waals surface area contributed by atoms with E-state index in [1.807, 2.05) is 0 Å². The minimum Gasteiger partial charge on any atom is -0.375 e. The number of benzene rings is 1. The van der Waals surface area contributed by atoms with Crippen molar-refractivity contribution in [1.29, 1.82) is 0 Å². The number of hydrogen-bond donors (Lipinski definition) is 1. The van der Waals surface area contributed by atoms with E-state index in [0.717, 1.165) is 19.6 Å². The molecule has 0 aliphatic carbocycles. The number of rotatable bonds is 6. The Labute approximate surface area is 136 Å². The normalized spacial score (nSPS) is 17.6. The fraction of sp³-hybridized carbons (Fsp3) is 0.444. The van der Waals surface area contributed by atoms with Gasteiger partial charge in [-0.1, -0.05) is 24.3 Å². The van der Waals surface area contributed by atoms with Gasteiger partial charge >= 0.3 is 0 Å². The Balaban J connectivity index is 1.46. The van der Waals surface area contributed by atoms with Crippen LogP contribution in [-0.2, 0) is 4.74 Å². The Morgan fingerprint density at radius 2 is 1.95 bits per heavy atom. The van der Waals surface area contributed by atoms with Gasteiger partial charge in [0, 0.05) is 43.4 Å². The van der Waals surface area contributed by atoms with E-state index in [4.69, 9.17) is 4.74 Å². The summed E-state index contributed by atoms with van der Waals surface area (Å²) < 4.78 is 5.61. The summed E-state index contributed by atoms with van der Waals surface area (Å²) in [6.45, 7) is 3.14. The maximum atomic E-state index is 5.61. The van der Waals surface area contributed by atoms with E-state index in [-0.39, 0.29) is 6.10 Å². The van der Waals surface area contributed by atoms with Crippen molar-refractivity contribution < 1.29 is 4.74 Å². The third-order valence-corrected chi connectivity index (χ3v) is 5.32. The molecule has 1 unspecified atom stereocenters. The first kappa shape index (κ1) is 15.5. The molecule has 1 aliphatic heterocycles. The fourth-order valence-corrected chi connectivity index (χ4v) is 3.83. The van der Waals surface area contributed by atoms with E-state index in [0.29, 0.717) is 6.04 Å². The quantitative estimate of drug-likeness (QED) is 0.879. The van der Waals surface area contributed by atoms with Crippen LogP contribution in [0.1, 0.15) is 23.8 Å². The summed E-state index contributed by atoms with van der Waals surface area (Å²) in [5, 5.41) is 5.80. The van der Waals surface area contributed by atoms with Gasteiger partial charge in [-0.3, -0.25) is 0 Å². The average Bonchev–Trinajstić information content (AvgIpc) is 3.11. The highest BCUT2D eigenvalue weighted by Crippen LogP contribution is 2.23. The molecule has 2 aromatic rings. The van der Waals surface area contributed by atoms with Crippen LogP contribution in [-0.4, -0.2) is 32.8 Å². The number of nitrogens with one attached hydrogen (secondary N) is 1. The third kappa shape index (κ3) is 3.88. The Kier molecular flexibility index (Phi) is 5.48. The maximum Gasteiger partial charge on any atom is 0.104 e. The Morgan fingerprint density at radius 1 is 1.18 bits per heavy atom. The van der Waals surface area contributed by atoms with Crippen molar-refractivity contribution in [3.8, 4) is 0 Å². The van der Waals surface area contributed by atoms with E-state index in [2.05, 4.69) is 58.1 Å². The molecule has 1 aliphatic rings. The minimum atomic E-state index is 0.173. The van der Waals surface area contributed by atoms with E-state index >= 15 is 0 Å². The highest BCUT2D eigenvalue weighted by atomic mass is 32.1.